The zero-order valence-corrected chi connectivity index (χ0v) is 24.9. The van der Waals surface area contributed by atoms with E-state index < -0.39 is 28.7 Å². The van der Waals surface area contributed by atoms with Gasteiger partial charge in [-0.1, -0.05) is 13.0 Å². The number of aromatic carboxylic acids is 2. The second-order valence-electron chi connectivity index (χ2n) is 8.96. The molecule has 43 heavy (non-hydrogen) atoms. The van der Waals surface area contributed by atoms with Gasteiger partial charge in [0.2, 0.25) is 5.91 Å². The molecular weight excluding hydrogens is 594 g/mol. The number of aromatic nitrogens is 1. The summed E-state index contributed by atoms with van der Waals surface area (Å²) in [6, 6.07) is 15.5. The van der Waals surface area contributed by atoms with E-state index in [9.17, 15) is 24.3 Å². The second-order valence-corrected chi connectivity index (χ2v) is 11.1. The molecule has 0 saturated carbocycles. The molecule has 1 atom stereocenters. The summed E-state index contributed by atoms with van der Waals surface area (Å²) >= 11 is 2.60. The summed E-state index contributed by atoms with van der Waals surface area (Å²) in [5.41, 5.74) is 1.01. The van der Waals surface area contributed by atoms with Crippen molar-refractivity contribution < 1.29 is 38.9 Å². The minimum Gasteiger partial charge on any atom is -0.493 e. The number of rotatable bonds is 12. The zero-order chi connectivity index (χ0) is 31.1. The molecule has 11 nitrogen and oxygen atoms in total. The quantitative estimate of drug-likeness (QED) is 0.138. The fourth-order valence-corrected chi connectivity index (χ4v) is 5.77. The summed E-state index contributed by atoms with van der Waals surface area (Å²) in [5.74, 6) is -2.51. The summed E-state index contributed by atoms with van der Waals surface area (Å²) in [4.78, 5) is 54.1. The van der Waals surface area contributed by atoms with Crippen LogP contribution in [0.25, 0.3) is 11.3 Å². The van der Waals surface area contributed by atoms with Gasteiger partial charge < -0.3 is 30.3 Å². The first-order valence-electron chi connectivity index (χ1n) is 12.8. The molecule has 4 aromatic rings. The summed E-state index contributed by atoms with van der Waals surface area (Å²) in [7, 11) is 3.11. The number of ether oxygens (including phenoxy) is 2. The summed E-state index contributed by atoms with van der Waals surface area (Å²) in [6.45, 7) is 1.88. The molecule has 0 fully saturated rings. The molecule has 13 heteroatoms. The minimum atomic E-state index is -1.43. The lowest BCUT2D eigenvalue weighted by atomic mass is 10.0. The average Bonchev–Trinajstić information content (AvgIpc) is 3.47. The fraction of sp³-hybridized carbons (Fsp3) is 0.167. The van der Waals surface area contributed by atoms with Crippen LogP contribution in [0, 0.1) is 0 Å². The first-order chi connectivity index (χ1) is 20.6. The number of thiazole rings is 1. The van der Waals surface area contributed by atoms with Crippen molar-refractivity contribution in [2.45, 2.75) is 23.5 Å². The highest BCUT2D eigenvalue weighted by molar-refractivity contribution is 8.00. The van der Waals surface area contributed by atoms with E-state index in [1.165, 1.54) is 29.2 Å². The molecule has 2 amide bonds. The number of thioether (sulfide) groups is 1. The van der Waals surface area contributed by atoms with Crippen molar-refractivity contribution in [3.8, 4) is 22.8 Å². The topological polar surface area (TPSA) is 164 Å². The van der Waals surface area contributed by atoms with E-state index >= 15 is 0 Å². The number of hydrogen-bond donors (Lipinski definition) is 4. The predicted molar refractivity (Wildman–Crippen MR) is 164 cm³/mol. The SMILES string of the molecule is CCC(Sc1cccc(NC(=O)c2ccc(C(=O)O)cc2C(=O)O)c1)C(=O)Nc1nc(-c2ccc(OC)c(OC)c2)cs1. The van der Waals surface area contributed by atoms with E-state index in [-0.39, 0.29) is 17.0 Å². The summed E-state index contributed by atoms with van der Waals surface area (Å²) < 4.78 is 10.6. The van der Waals surface area contributed by atoms with Crippen LogP contribution in [0.15, 0.2) is 70.9 Å². The van der Waals surface area contributed by atoms with Crippen LogP contribution < -0.4 is 20.1 Å². The van der Waals surface area contributed by atoms with Crippen LogP contribution in [0.4, 0.5) is 10.8 Å². The Balaban J connectivity index is 1.43. The normalized spacial score (nSPS) is 11.3. The second kappa shape index (κ2) is 13.9. The first-order valence-corrected chi connectivity index (χ1v) is 14.6. The van der Waals surface area contributed by atoms with E-state index in [0.717, 1.165) is 17.7 Å². The lowest BCUT2D eigenvalue weighted by Gasteiger charge is -2.15. The third-order valence-corrected chi connectivity index (χ3v) is 8.30. The van der Waals surface area contributed by atoms with E-state index in [0.29, 0.717) is 39.3 Å². The van der Waals surface area contributed by atoms with Gasteiger partial charge >= 0.3 is 11.9 Å². The molecule has 0 aliphatic rings. The molecule has 1 aromatic heterocycles. The van der Waals surface area contributed by atoms with Gasteiger partial charge in [0.1, 0.15) is 0 Å². The van der Waals surface area contributed by atoms with Crippen LogP contribution in [-0.4, -0.2) is 58.4 Å². The molecule has 0 radical (unpaired) electrons. The molecule has 1 heterocycles. The van der Waals surface area contributed by atoms with Gasteiger partial charge in [-0.15, -0.1) is 23.1 Å². The van der Waals surface area contributed by atoms with Crippen molar-refractivity contribution in [2.75, 3.05) is 24.9 Å². The fourth-order valence-electron chi connectivity index (χ4n) is 4.03. The average molecular weight is 622 g/mol. The van der Waals surface area contributed by atoms with E-state index in [4.69, 9.17) is 14.6 Å². The number of carbonyl (C=O) groups excluding carboxylic acids is 2. The van der Waals surface area contributed by atoms with Gasteiger partial charge in [0.15, 0.2) is 16.6 Å². The van der Waals surface area contributed by atoms with E-state index in [1.54, 1.807) is 44.6 Å². The van der Waals surface area contributed by atoms with Crippen molar-refractivity contribution in [2.24, 2.45) is 0 Å². The number of carbonyl (C=O) groups is 4. The Hall–Kier alpha value is -4.88. The molecular formula is C30H27N3O8S2. The minimum absolute atomic E-state index is 0.183. The standard InChI is InChI=1S/C30H27N3O8S2/c1-4-25(27(35)33-30-32-22(15-42-30)16-9-11-23(40-2)24(13-16)41-3)43-19-7-5-6-18(14-19)31-26(34)20-10-8-17(28(36)37)12-21(20)29(38)39/h5-15,25H,4H2,1-3H3,(H,31,34)(H,36,37)(H,38,39)(H,32,33,35). The molecule has 0 saturated heterocycles. The Morgan fingerprint density at radius 1 is 0.907 bits per heavy atom. The van der Waals surface area contributed by atoms with Gasteiger partial charge in [-0.05, 0) is 61.0 Å². The maximum atomic E-state index is 13.1. The molecule has 0 aliphatic carbocycles. The number of benzene rings is 3. The number of methoxy groups -OCH3 is 2. The maximum absolute atomic E-state index is 13.1. The predicted octanol–water partition coefficient (Wildman–Crippen LogP) is 5.99. The first kappa shape index (κ1) is 31.1. The largest absolute Gasteiger partial charge is 0.493 e. The van der Waals surface area contributed by atoms with Crippen LogP contribution in [0.2, 0.25) is 0 Å². The molecule has 0 aliphatic heterocycles. The number of carboxylic acids is 2. The number of nitrogens with zero attached hydrogens (tertiary/aromatic N) is 1. The summed E-state index contributed by atoms with van der Waals surface area (Å²) in [6.07, 6.45) is 0.513. The highest BCUT2D eigenvalue weighted by Crippen LogP contribution is 2.34. The molecule has 0 spiro atoms. The van der Waals surface area contributed by atoms with Crippen molar-refractivity contribution in [1.82, 2.24) is 4.98 Å². The molecule has 3 aromatic carbocycles. The third-order valence-electron chi connectivity index (χ3n) is 6.19. The highest BCUT2D eigenvalue weighted by atomic mass is 32.2. The lowest BCUT2D eigenvalue weighted by Crippen LogP contribution is -2.24. The monoisotopic (exact) mass is 621 g/mol. The third kappa shape index (κ3) is 7.50. The van der Waals surface area contributed by atoms with Gasteiger partial charge in [0, 0.05) is 21.5 Å². The maximum Gasteiger partial charge on any atom is 0.336 e. The van der Waals surface area contributed by atoms with Crippen molar-refractivity contribution in [3.05, 3.63) is 82.7 Å². The van der Waals surface area contributed by atoms with Gasteiger partial charge in [-0.25, -0.2) is 14.6 Å². The summed E-state index contributed by atoms with van der Waals surface area (Å²) in [5, 5.41) is 26.0. The van der Waals surface area contributed by atoms with E-state index in [1.807, 2.05) is 24.4 Å². The number of amides is 2. The van der Waals surface area contributed by atoms with Gasteiger partial charge in [-0.2, -0.15) is 0 Å². The Kier molecular flexibility index (Phi) is 10.0. The van der Waals surface area contributed by atoms with E-state index in [2.05, 4.69) is 15.6 Å². The van der Waals surface area contributed by atoms with Crippen LogP contribution in [0.1, 0.15) is 44.4 Å². The van der Waals surface area contributed by atoms with Crippen LogP contribution in [0.5, 0.6) is 11.5 Å². The molecule has 1 unspecified atom stereocenters. The van der Waals surface area contributed by atoms with Crippen molar-refractivity contribution in [1.29, 1.82) is 0 Å². The Morgan fingerprint density at radius 2 is 1.67 bits per heavy atom. The molecule has 0 bridgehead atoms. The smallest absolute Gasteiger partial charge is 0.336 e. The molecule has 4 rings (SSSR count). The molecule has 4 N–H and O–H groups in total. The van der Waals surface area contributed by atoms with Gasteiger partial charge in [0.25, 0.3) is 5.91 Å². The Bertz CT molecular complexity index is 1690. The zero-order valence-electron chi connectivity index (χ0n) is 23.2. The molecule has 222 valence electrons. The lowest BCUT2D eigenvalue weighted by molar-refractivity contribution is -0.115. The van der Waals surface area contributed by atoms with Crippen LogP contribution in [0.3, 0.4) is 0 Å². The van der Waals surface area contributed by atoms with Crippen molar-refractivity contribution in [3.63, 3.8) is 0 Å². The van der Waals surface area contributed by atoms with Gasteiger partial charge in [-0.3, -0.25) is 9.59 Å². The number of carboxylic acid groups (broad SMARTS) is 2. The Labute approximate surface area is 254 Å². The number of nitrogens with one attached hydrogen (secondary N) is 2. The highest BCUT2D eigenvalue weighted by Gasteiger charge is 2.22. The Morgan fingerprint density at radius 3 is 2.35 bits per heavy atom. The van der Waals surface area contributed by atoms with Crippen LogP contribution in [-0.2, 0) is 4.79 Å². The number of anilines is 2. The van der Waals surface area contributed by atoms with Crippen molar-refractivity contribution >= 4 is 57.7 Å². The van der Waals surface area contributed by atoms with Crippen LogP contribution >= 0.6 is 23.1 Å². The number of hydrogen-bond acceptors (Lipinski definition) is 9. The van der Waals surface area contributed by atoms with Gasteiger partial charge in [0.05, 0.1) is 41.9 Å².